The topological polar surface area (TPSA) is 60.8 Å². The molecule has 0 radical (unpaired) electrons. The van der Waals surface area contributed by atoms with Crippen molar-refractivity contribution in [3.05, 3.63) is 29.8 Å². The van der Waals surface area contributed by atoms with Gasteiger partial charge in [-0.15, -0.1) is 0 Å². The van der Waals surface area contributed by atoms with E-state index in [1.54, 1.807) is 24.3 Å². The van der Waals surface area contributed by atoms with E-state index < -0.39 is 0 Å². The zero-order valence-corrected chi connectivity index (χ0v) is 10.4. The van der Waals surface area contributed by atoms with Crippen LogP contribution in [-0.2, 0) is 11.2 Å². The Bertz CT molecular complexity index is 402. The Morgan fingerprint density at radius 2 is 2.06 bits per heavy atom. The van der Waals surface area contributed by atoms with Crippen LogP contribution >= 0.6 is 0 Å². The van der Waals surface area contributed by atoms with Crippen molar-refractivity contribution in [1.29, 1.82) is 0 Å². The van der Waals surface area contributed by atoms with Gasteiger partial charge < -0.3 is 15.1 Å². The molecular formula is C14H19NO3. The third kappa shape index (κ3) is 3.23. The zero-order chi connectivity index (χ0) is 13.0. The number of aliphatic hydroxyl groups is 1. The Kier molecular flexibility index (Phi) is 4.20. The summed E-state index contributed by atoms with van der Waals surface area (Å²) in [6.07, 6.45) is 2.32. The van der Waals surface area contributed by atoms with Gasteiger partial charge in [0.25, 0.3) is 0 Å². The number of likely N-dealkylation sites (tertiary alicyclic amines) is 1. The summed E-state index contributed by atoms with van der Waals surface area (Å²) in [7, 11) is 0. The zero-order valence-electron chi connectivity index (χ0n) is 10.4. The molecule has 1 aromatic rings. The maximum absolute atomic E-state index is 12.1. The van der Waals surface area contributed by atoms with E-state index >= 15 is 0 Å². The first-order valence-electron chi connectivity index (χ1n) is 6.35. The summed E-state index contributed by atoms with van der Waals surface area (Å²) in [6.45, 7) is 1.60. The van der Waals surface area contributed by atoms with Crippen LogP contribution in [0.25, 0.3) is 0 Å². The molecule has 1 amide bonds. The Balaban J connectivity index is 1.93. The van der Waals surface area contributed by atoms with E-state index in [9.17, 15) is 9.90 Å². The monoisotopic (exact) mass is 249 g/mol. The van der Waals surface area contributed by atoms with Crippen LogP contribution in [-0.4, -0.2) is 40.7 Å². The van der Waals surface area contributed by atoms with Gasteiger partial charge in [-0.05, 0) is 36.5 Å². The van der Waals surface area contributed by atoms with Gasteiger partial charge in [0.15, 0.2) is 0 Å². The molecule has 1 atom stereocenters. The summed E-state index contributed by atoms with van der Waals surface area (Å²) in [4.78, 5) is 13.9. The summed E-state index contributed by atoms with van der Waals surface area (Å²) in [5, 5.41) is 18.3. The number of benzene rings is 1. The number of carbonyl (C=O) groups is 1. The minimum Gasteiger partial charge on any atom is -0.508 e. The maximum atomic E-state index is 12.1. The van der Waals surface area contributed by atoms with Gasteiger partial charge in [-0.3, -0.25) is 4.79 Å². The third-order valence-corrected chi connectivity index (χ3v) is 3.42. The van der Waals surface area contributed by atoms with Gasteiger partial charge in [-0.2, -0.15) is 0 Å². The number of phenols is 1. The predicted molar refractivity (Wildman–Crippen MR) is 68.2 cm³/mol. The van der Waals surface area contributed by atoms with Gasteiger partial charge in [-0.25, -0.2) is 0 Å². The average molecular weight is 249 g/mol. The van der Waals surface area contributed by atoms with Gasteiger partial charge >= 0.3 is 0 Å². The summed E-state index contributed by atoms with van der Waals surface area (Å²) in [6, 6.07) is 6.71. The number of nitrogens with zero attached hydrogens (tertiary/aromatic N) is 1. The Morgan fingerprint density at radius 3 is 2.72 bits per heavy atom. The van der Waals surface area contributed by atoms with Crippen LogP contribution in [0.4, 0.5) is 0 Å². The fraction of sp³-hybridized carbons (Fsp3) is 0.500. The molecule has 0 bridgehead atoms. The van der Waals surface area contributed by atoms with Crippen LogP contribution in [0.15, 0.2) is 24.3 Å². The first-order valence-corrected chi connectivity index (χ1v) is 6.35. The van der Waals surface area contributed by atoms with E-state index in [4.69, 9.17) is 5.11 Å². The van der Waals surface area contributed by atoms with E-state index in [0.29, 0.717) is 13.0 Å². The number of piperidine rings is 1. The first kappa shape index (κ1) is 12.9. The number of rotatable bonds is 3. The lowest BCUT2D eigenvalue weighted by Crippen LogP contribution is -2.41. The van der Waals surface area contributed by atoms with Crippen molar-refractivity contribution in [1.82, 2.24) is 4.90 Å². The van der Waals surface area contributed by atoms with Gasteiger partial charge in [0.05, 0.1) is 6.42 Å². The second kappa shape index (κ2) is 5.87. The molecule has 1 aliphatic heterocycles. The van der Waals surface area contributed by atoms with Crippen LogP contribution in [0.1, 0.15) is 18.4 Å². The molecule has 2 N–H and O–H groups in total. The Labute approximate surface area is 107 Å². The summed E-state index contributed by atoms with van der Waals surface area (Å²) < 4.78 is 0. The lowest BCUT2D eigenvalue weighted by molar-refractivity contribution is -0.132. The molecule has 1 heterocycles. The molecule has 1 saturated heterocycles. The number of amides is 1. The molecule has 4 nitrogen and oxygen atoms in total. The minimum atomic E-state index is 0.0961. The van der Waals surface area contributed by atoms with Crippen molar-refractivity contribution < 1.29 is 15.0 Å². The standard InChI is InChI=1S/C14H19NO3/c16-10-12-2-1-7-15(9-12)14(18)8-11-3-5-13(17)6-4-11/h3-6,12,16-17H,1-2,7-10H2. The lowest BCUT2D eigenvalue weighted by Gasteiger charge is -2.32. The molecule has 0 saturated carbocycles. The molecule has 1 unspecified atom stereocenters. The van der Waals surface area contributed by atoms with E-state index in [0.717, 1.165) is 24.9 Å². The maximum Gasteiger partial charge on any atom is 0.226 e. The summed E-state index contributed by atoms with van der Waals surface area (Å²) in [5.41, 5.74) is 0.906. The largest absolute Gasteiger partial charge is 0.508 e. The SMILES string of the molecule is O=C(Cc1ccc(O)cc1)N1CCCC(CO)C1. The Morgan fingerprint density at radius 1 is 1.33 bits per heavy atom. The number of aromatic hydroxyl groups is 1. The van der Waals surface area contributed by atoms with Crippen molar-refractivity contribution in [2.45, 2.75) is 19.3 Å². The average Bonchev–Trinajstić information content (AvgIpc) is 2.41. The molecule has 18 heavy (non-hydrogen) atoms. The first-order chi connectivity index (χ1) is 8.69. The van der Waals surface area contributed by atoms with E-state index in [1.807, 2.05) is 4.90 Å². The van der Waals surface area contributed by atoms with Crippen LogP contribution in [0.5, 0.6) is 5.75 Å². The summed E-state index contributed by atoms with van der Waals surface area (Å²) >= 11 is 0. The summed E-state index contributed by atoms with van der Waals surface area (Å²) in [5.74, 6) is 0.533. The van der Waals surface area contributed by atoms with Gasteiger partial charge in [0.2, 0.25) is 5.91 Å². The number of carbonyl (C=O) groups excluding carboxylic acids is 1. The van der Waals surface area contributed by atoms with Gasteiger partial charge in [0, 0.05) is 19.7 Å². The fourth-order valence-corrected chi connectivity index (χ4v) is 2.34. The van der Waals surface area contributed by atoms with E-state index in [-0.39, 0.29) is 24.2 Å². The normalized spacial score (nSPS) is 19.8. The van der Waals surface area contributed by atoms with Crippen molar-refractivity contribution in [2.24, 2.45) is 5.92 Å². The number of phenolic OH excluding ortho intramolecular Hbond substituents is 1. The molecule has 1 aliphatic rings. The molecule has 98 valence electrons. The third-order valence-electron chi connectivity index (χ3n) is 3.42. The van der Waals surface area contributed by atoms with E-state index in [1.165, 1.54) is 0 Å². The highest BCUT2D eigenvalue weighted by atomic mass is 16.3. The van der Waals surface area contributed by atoms with Crippen LogP contribution < -0.4 is 0 Å². The highest BCUT2D eigenvalue weighted by Crippen LogP contribution is 2.17. The lowest BCUT2D eigenvalue weighted by atomic mass is 9.98. The Hall–Kier alpha value is -1.55. The number of hydrogen-bond donors (Lipinski definition) is 2. The van der Waals surface area contributed by atoms with Crippen LogP contribution in [0.3, 0.4) is 0 Å². The van der Waals surface area contributed by atoms with Gasteiger partial charge in [-0.1, -0.05) is 12.1 Å². The molecule has 4 heteroatoms. The van der Waals surface area contributed by atoms with Crippen LogP contribution in [0, 0.1) is 5.92 Å². The smallest absolute Gasteiger partial charge is 0.226 e. The van der Waals surface area contributed by atoms with Crippen LogP contribution in [0.2, 0.25) is 0 Å². The molecule has 2 rings (SSSR count). The van der Waals surface area contributed by atoms with Gasteiger partial charge in [0.1, 0.15) is 5.75 Å². The van der Waals surface area contributed by atoms with Crippen molar-refractivity contribution in [3.8, 4) is 5.75 Å². The molecule has 0 spiro atoms. The second-order valence-electron chi connectivity index (χ2n) is 4.87. The van der Waals surface area contributed by atoms with Crippen molar-refractivity contribution >= 4 is 5.91 Å². The highest BCUT2D eigenvalue weighted by molar-refractivity contribution is 5.78. The molecule has 1 aromatic carbocycles. The fourth-order valence-electron chi connectivity index (χ4n) is 2.34. The van der Waals surface area contributed by atoms with E-state index in [2.05, 4.69) is 0 Å². The minimum absolute atomic E-state index is 0.0961. The number of hydrogen-bond acceptors (Lipinski definition) is 3. The molecule has 0 aromatic heterocycles. The molecule has 0 aliphatic carbocycles. The molecular weight excluding hydrogens is 230 g/mol. The highest BCUT2D eigenvalue weighted by Gasteiger charge is 2.22. The number of aliphatic hydroxyl groups excluding tert-OH is 1. The molecule has 1 fully saturated rings. The second-order valence-corrected chi connectivity index (χ2v) is 4.87. The van der Waals surface area contributed by atoms with Crippen molar-refractivity contribution in [3.63, 3.8) is 0 Å². The predicted octanol–water partition coefficient (Wildman–Crippen LogP) is 1.17. The quantitative estimate of drug-likeness (QED) is 0.845. The van der Waals surface area contributed by atoms with Crippen molar-refractivity contribution in [2.75, 3.05) is 19.7 Å².